The lowest BCUT2D eigenvalue weighted by atomic mass is 9.97. The van der Waals surface area contributed by atoms with Gasteiger partial charge >= 0.3 is 0 Å². The monoisotopic (exact) mass is 280 g/mol. The summed E-state index contributed by atoms with van der Waals surface area (Å²) in [6, 6.07) is 14.9. The van der Waals surface area contributed by atoms with Crippen LogP contribution < -0.4 is 5.32 Å². The van der Waals surface area contributed by atoms with E-state index in [4.69, 9.17) is 0 Å². The lowest BCUT2D eigenvalue weighted by Gasteiger charge is -2.19. The first kappa shape index (κ1) is 13.7. The Morgan fingerprint density at radius 3 is 2.71 bits per heavy atom. The number of nitrogens with zero attached hydrogens (tertiary/aromatic N) is 1. The fourth-order valence-electron chi connectivity index (χ4n) is 2.70. The highest BCUT2D eigenvalue weighted by atomic mass is 19.1. The van der Waals surface area contributed by atoms with Gasteiger partial charge in [0.1, 0.15) is 5.82 Å². The van der Waals surface area contributed by atoms with Crippen molar-refractivity contribution in [1.29, 1.82) is 0 Å². The van der Waals surface area contributed by atoms with Crippen molar-refractivity contribution in [2.45, 2.75) is 13.0 Å². The van der Waals surface area contributed by atoms with Crippen molar-refractivity contribution in [3.05, 3.63) is 77.4 Å². The molecule has 3 aromatic rings. The number of fused-ring (bicyclic) bond motifs is 1. The number of aromatic nitrogens is 1. The number of halogens is 1. The molecule has 0 saturated carbocycles. The van der Waals surface area contributed by atoms with Crippen LogP contribution in [0.1, 0.15) is 22.9 Å². The SMILES string of the molecule is CNC(c1cc(C)ccc1F)c1nccc2ccccc12. The molecule has 3 heteroatoms. The minimum atomic E-state index is -0.268. The predicted molar refractivity (Wildman–Crippen MR) is 83.8 cm³/mol. The average molecular weight is 280 g/mol. The van der Waals surface area contributed by atoms with Gasteiger partial charge in [-0.1, -0.05) is 42.0 Å². The minimum Gasteiger partial charge on any atom is -0.308 e. The summed E-state index contributed by atoms with van der Waals surface area (Å²) < 4.78 is 14.2. The molecule has 0 aliphatic carbocycles. The fraction of sp³-hybridized carbons (Fsp3) is 0.167. The molecule has 0 aliphatic heterocycles. The van der Waals surface area contributed by atoms with E-state index >= 15 is 0 Å². The van der Waals surface area contributed by atoms with Crippen LogP contribution in [0.2, 0.25) is 0 Å². The summed E-state index contributed by atoms with van der Waals surface area (Å²) in [4.78, 5) is 4.50. The second-order valence-corrected chi connectivity index (χ2v) is 5.16. The maximum Gasteiger partial charge on any atom is 0.128 e. The summed E-state index contributed by atoms with van der Waals surface area (Å²) >= 11 is 0. The van der Waals surface area contributed by atoms with Gasteiger partial charge in [0.2, 0.25) is 0 Å². The molecular weight excluding hydrogens is 263 g/mol. The number of hydrogen-bond donors (Lipinski definition) is 1. The van der Waals surface area contributed by atoms with E-state index in [9.17, 15) is 4.39 Å². The molecule has 0 radical (unpaired) electrons. The van der Waals surface area contributed by atoms with Crippen molar-refractivity contribution in [2.75, 3.05) is 7.05 Å². The van der Waals surface area contributed by atoms with E-state index < -0.39 is 0 Å². The molecule has 0 fully saturated rings. The summed E-state index contributed by atoms with van der Waals surface area (Å²) in [5.41, 5.74) is 2.51. The van der Waals surface area contributed by atoms with Crippen LogP contribution in [-0.2, 0) is 0 Å². The van der Waals surface area contributed by atoms with E-state index in [1.54, 1.807) is 12.3 Å². The zero-order valence-electron chi connectivity index (χ0n) is 12.1. The molecule has 0 saturated heterocycles. The standard InChI is InChI=1S/C18H17FN2/c1-12-7-8-16(19)15(11-12)17(20-2)18-14-6-4-3-5-13(14)9-10-21-18/h3-11,17,20H,1-2H3. The summed E-state index contributed by atoms with van der Waals surface area (Å²) in [6.07, 6.45) is 1.77. The molecule has 2 nitrogen and oxygen atoms in total. The van der Waals surface area contributed by atoms with Gasteiger partial charge in [-0.25, -0.2) is 4.39 Å². The molecule has 1 aromatic heterocycles. The summed E-state index contributed by atoms with van der Waals surface area (Å²) in [7, 11) is 1.83. The number of rotatable bonds is 3. The van der Waals surface area contributed by atoms with Gasteiger partial charge in [-0.05, 0) is 31.5 Å². The zero-order chi connectivity index (χ0) is 14.8. The quantitative estimate of drug-likeness (QED) is 0.784. The van der Waals surface area contributed by atoms with Gasteiger partial charge in [0, 0.05) is 17.1 Å². The maximum atomic E-state index is 14.2. The Bertz CT molecular complexity index is 778. The fourth-order valence-corrected chi connectivity index (χ4v) is 2.70. The molecule has 1 heterocycles. The van der Waals surface area contributed by atoms with Crippen LogP contribution >= 0.6 is 0 Å². The van der Waals surface area contributed by atoms with Crippen molar-refractivity contribution in [3.8, 4) is 0 Å². The highest BCUT2D eigenvalue weighted by molar-refractivity contribution is 5.85. The van der Waals surface area contributed by atoms with E-state index in [0.717, 1.165) is 22.0 Å². The van der Waals surface area contributed by atoms with Crippen LogP contribution in [0, 0.1) is 12.7 Å². The lowest BCUT2D eigenvalue weighted by molar-refractivity contribution is 0.572. The second kappa shape index (κ2) is 5.62. The van der Waals surface area contributed by atoms with Crippen LogP contribution in [0.15, 0.2) is 54.7 Å². The smallest absolute Gasteiger partial charge is 0.128 e. The van der Waals surface area contributed by atoms with Gasteiger partial charge in [0.05, 0.1) is 11.7 Å². The van der Waals surface area contributed by atoms with Crippen molar-refractivity contribution in [1.82, 2.24) is 10.3 Å². The highest BCUT2D eigenvalue weighted by Gasteiger charge is 2.19. The molecule has 0 bridgehead atoms. The Balaban J connectivity index is 2.21. The Morgan fingerprint density at radius 2 is 1.90 bits per heavy atom. The summed E-state index contributed by atoms with van der Waals surface area (Å²) in [6.45, 7) is 1.96. The summed E-state index contributed by atoms with van der Waals surface area (Å²) in [5.74, 6) is -0.213. The lowest BCUT2D eigenvalue weighted by Crippen LogP contribution is -2.20. The molecule has 1 atom stereocenters. The Kier molecular flexibility index (Phi) is 3.67. The maximum absolute atomic E-state index is 14.2. The first-order valence-electron chi connectivity index (χ1n) is 6.97. The van der Waals surface area contributed by atoms with Gasteiger partial charge in [0.25, 0.3) is 0 Å². The number of benzene rings is 2. The molecule has 0 amide bonds. The molecule has 1 unspecified atom stereocenters. The van der Waals surface area contributed by atoms with Crippen LogP contribution in [0.3, 0.4) is 0 Å². The van der Waals surface area contributed by atoms with E-state index in [1.807, 2.05) is 50.4 Å². The van der Waals surface area contributed by atoms with Gasteiger partial charge < -0.3 is 5.32 Å². The van der Waals surface area contributed by atoms with Crippen LogP contribution in [0.25, 0.3) is 10.8 Å². The van der Waals surface area contributed by atoms with E-state index in [1.165, 1.54) is 6.07 Å². The third-order valence-corrected chi connectivity index (χ3v) is 3.73. The summed E-state index contributed by atoms with van der Waals surface area (Å²) in [5, 5.41) is 5.34. The Morgan fingerprint density at radius 1 is 1.10 bits per heavy atom. The molecule has 3 rings (SSSR count). The molecule has 0 spiro atoms. The van der Waals surface area contributed by atoms with Gasteiger partial charge in [-0.3, -0.25) is 4.98 Å². The number of aryl methyl sites for hydroxylation is 1. The van der Waals surface area contributed by atoms with Crippen LogP contribution in [0.4, 0.5) is 4.39 Å². The molecule has 21 heavy (non-hydrogen) atoms. The molecule has 0 aliphatic rings. The Hall–Kier alpha value is -2.26. The van der Waals surface area contributed by atoms with Gasteiger partial charge in [-0.15, -0.1) is 0 Å². The van der Waals surface area contributed by atoms with Crippen molar-refractivity contribution in [3.63, 3.8) is 0 Å². The van der Waals surface area contributed by atoms with Crippen molar-refractivity contribution >= 4 is 10.8 Å². The highest BCUT2D eigenvalue weighted by Crippen LogP contribution is 2.28. The largest absolute Gasteiger partial charge is 0.308 e. The topological polar surface area (TPSA) is 24.9 Å². The number of pyridine rings is 1. The number of hydrogen-bond acceptors (Lipinski definition) is 2. The average Bonchev–Trinajstić information content (AvgIpc) is 2.51. The van der Waals surface area contributed by atoms with E-state index in [0.29, 0.717) is 5.56 Å². The molecule has 106 valence electrons. The molecule has 1 N–H and O–H groups in total. The third kappa shape index (κ3) is 2.52. The van der Waals surface area contributed by atoms with Crippen molar-refractivity contribution in [2.24, 2.45) is 0 Å². The van der Waals surface area contributed by atoms with E-state index in [-0.39, 0.29) is 11.9 Å². The van der Waals surface area contributed by atoms with Gasteiger partial charge in [0.15, 0.2) is 0 Å². The minimum absolute atomic E-state index is 0.213. The van der Waals surface area contributed by atoms with E-state index in [2.05, 4.69) is 10.3 Å². The number of nitrogens with one attached hydrogen (secondary N) is 1. The van der Waals surface area contributed by atoms with Crippen LogP contribution in [-0.4, -0.2) is 12.0 Å². The normalized spacial score (nSPS) is 12.5. The molecular formula is C18H17FN2. The zero-order valence-corrected chi connectivity index (χ0v) is 12.1. The van der Waals surface area contributed by atoms with Crippen molar-refractivity contribution < 1.29 is 4.39 Å². The first-order valence-corrected chi connectivity index (χ1v) is 6.97. The van der Waals surface area contributed by atoms with Gasteiger partial charge in [-0.2, -0.15) is 0 Å². The Labute approximate surface area is 123 Å². The third-order valence-electron chi connectivity index (χ3n) is 3.73. The first-order chi connectivity index (χ1) is 10.2. The predicted octanol–water partition coefficient (Wildman–Crippen LogP) is 3.99. The molecule has 2 aromatic carbocycles. The second-order valence-electron chi connectivity index (χ2n) is 5.16. The van der Waals surface area contributed by atoms with Crippen LogP contribution in [0.5, 0.6) is 0 Å².